The molecule has 2 aromatic rings. The van der Waals surface area contributed by atoms with Gasteiger partial charge in [-0.2, -0.15) is 13.1 Å². The van der Waals surface area contributed by atoms with Gasteiger partial charge in [0.25, 0.3) is 0 Å². The van der Waals surface area contributed by atoms with Gasteiger partial charge < -0.3 is 10.2 Å². The van der Waals surface area contributed by atoms with E-state index in [2.05, 4.69) is 14.4 Å². The van der Waals surface area contributed by atoms with Gasteiger partial charge in [-0.15, -0.1) is 11.3 Å². The van der Waals surface area contributed by atoms with Crippen molar-refractivity contribution < 1.29 is 12.8 Å². The van der Waals surface area contributed by atoms with Gasteiger partial charge in [0.05, 0.1) is 6.54 Å². The van der Waals surface area contributed by atoms with E-state index in [9.17, 15) is 8.42 Å². The van der Waals surface area contributed by atoms with Crippen molar-refractivity contribution in [1.82, 2.24) is 9.71 Å². The van der Waals surface area contributed by atoms with Crippen LogP contribution in [0, 0.1) is 0 Å². The summed E-state index contributed by atoms with van der Waals surface area (Å²) in [5.74, 6) is 1.23. The number of furan rings is 1. The van der Waals surface area contributed by atoms with Gasteiger partial charge >= 0.3 is 10.2 Å². The van der Waals surface area contributed by atoms with Crippen LogP contribution < -0.4 is 15.2 Å². The Labute approximate surface area is 120 Å². The van der Waals surface area contributed by atoms with Crippen molar-refractivity contribution in [3.63, 3.8) is 0 Å². The van der Waals surface area contributed by atoms with Crippen LogP contribution in [0.3, 0.4) is 0 Å². The van der Waals surface area contributed by atoms with Gasteiger partial charge in [-0.3, -0.25) is 0 Å². The van der Waals surface area contributed by atoms with E-state index < -0.39 is 10.2 Å². The minimum absolute atomic E-state index is 0.0594. The van der Waals surface area contributed by atoms with Gasteiger partial charge in [-0.05, 0) is 25.0 Å². The Bertz CT molecular complexity index is 703. The molecule has 20 heavy (non-hydrogen) atoms. The molecule has 3 rings (SSSR count). The molecule has 0 saturated heterocycles. The summed E-state index contributed by atoms with van der Waals surface area (Å²) in [6, 6.07) is 3.59. The van der Waals surface area contributed by atoms with Crippen molar-refractivity contribution in [3.05, 3.63) is 23.3 Å². The smallest absolute Gasteiger partial charge is 0.301 e. The fourth-order valence-corrected chi connectivity index (χ4v) is 3.70. The molecule has 1 aliphatic rings. The van der Waals surface area contributed by atoms with E-state index in [4.69, 9.17) is 10.2 Å². The van der Waals surface area contributed by atoms with Gasteiger partial charge in [0.15, 0.2) is 10.9 Å². The first-order valence-electron chi connectivity index (χ1n) is 6.10. The molecule has 0 aliphatic heterocycles. The largest absolute Gasteiger partial charge is 0.458 e. The molecule has 108 valence electrons. The summed E-state index contributed by atoms with van der Waals surface area (Å²) in [4.78, 5) is 4.19. The number of thiazole rings is 1. The summed E-state index contributed by atoms with van der Waals surface area (Å²) in [5, 5.41) is 2.03. The Balaban J connectivity index is 1.72. The molecule has 4 N–H and O–H groups in total. The summed E-state index contributed by atoms with van der Waals surface area (Å²) in [6.07, 6.45) is 1.77. The Kier molecular flexibility index (Phi) is 3.50. The summed E-state index contributed by atoms with van der Waals surface area (Å²) in [7, 11) is -3.54. The average Bonchev–Trinajstić information content (AvgIpc) is 2.92. The van der Waals surface area contributed by atoms with Gasteiger partial charge in [-0.25, -0.2) is 9.71 Å². The highest BCUT2D eigenvalue weighted by Gasteiger charge is 2.27. The highest BCUT2D eigenvalue weighted by atomic mass is 32.2. The number of nitrogens with two attached hydrogens (primary N) is 1. The SMILES string of the molecule is NCc1ccc(-c2csc(NS(=O)(=O)NC3CC3)n2)o1. The van der Waals surface area contributed by atoms with Crippen LogP contribution in [0.4, 0.5) is 5.13 Å². The molecule has 2 aromatic heterocycles. The van der Waals surface area contributed by atoms with Gasteiger partial charge in [-0.1, -0.05) is 0 Å². The van der Waals surface area contributed by atoms with E-state index in [1.807, 2.05) is 0 Å². The number of nitrogens with zero attached hydrogens (tertiary/aromatic N) is 1. The third-order valence-electron chi connectivity index (χ3n) is 2.74. The highest BCUT2D eigenvalue weighted by molar-refractivity contribution is 7.91. The summed E-state index contributed by atoms with van der Waals surface area (Å²) < 4.78 is 33.9. The monoisotopic (exact) mass is 314 g/mol. The predicted octanol–water partition coefficient (Wildman–Crippen LogP) is 1.27. The van der Waals surface area contributed by atoms with Crippen molar-refractivity contribution in [2.75, 3.05) is 4.72 Å². The number of rotatable bonds is 6. The van der Waals surface area contributed by atoms with E-state index >= 15 is 0 Å². The molecule has 1 saturated carbocycles. The van der Waals surface area contributed by atoms with Crippen molar-refractivity contribution in [3.8, 4) is 11.5 Å². The zero-order valence-electron chi connectivity index (χ0n) is 10.5. The number of hydrogen-bond acceptors (Lipinski definition) is 6. The van der Waals surface area contributed by atoms with Crippen molar-refractivity contribution >= 4 is 26.7 Å². The first kappa shape index (κ1) is 13.6. The van der Waals surface area contributed by atoms with Gasteiger partial charge in [0, 0.05) is 11.4 Å². The molecular weight excluding hydrogens is 300 g/mol. The number of aromatic nitrogens is 1. The van der Waals surface area contributed by atoms with Crippen LogP contribution in [0.5, 0.6) is 0 Å². The zero-order valence-corrected chi connectivity index (χ0v) is 12.1. The second-order valence-electron chi connectivity index (χ2n) is 4.51. The lowest BCUT2D eigenvalue weighted by molar-refractivity contribution is 0.524. The van der Waals surface area contributed by atoms with E-state index in [0.717, 1.165) is 12.8 Å². The van der Waals surface area contributed by atoms with E-state index in [0.29, 0.717) is 28.9 Å². The predicted molar refractivity (Wildman–Crippen MR) is 76.4 cm³/mol. The van der Waals surface area contributed by atoms with E-state index in [1.54, 1.807) is 17.5 Å². The molecular formula is C11H14N4O3S2. The molecule has 1 aliphatic carbocycles. The van der Waals surface area contributed by atoms with Crippen molar-refractivity contribution in [2.45, 2.75) is 25.4 Å². The minimum Gasteiger partial charge on any atom is -0.458 e. The Morgan fingerprint density at radius 1 is 1.45 bits per heavy atom. The summed E-state index contributed by atoms with van der Waals surface area (Å²) >= 11 is 1.20. The summed E-state index contributed by atoms with van der Waals surface area (Å²) in [6.45, 7) is 0.314. The van der Waals surface area contributed by atoms with Crippen LogP contribution in [-0.4, -0.2) is 19.4 Å². The molecule has 7 nitrogen and oxygen atoms in total. The maximum absolute atomic E-state index is 11.8. The number of anilines is 1. The molecule has 0 atom stereocenters. The molecule has 0 bridgehead atoms. The fraction of sp³-hybridized carbons (Fsp3) is 0.364. The quantitative estimate of drug-likeness (QED) is 0.743. The molecule has 9 heteroatoms. The third-order valence-corrected chi connectivity index (χ3v) is 4.73. The van der Waals surface area contributed by atoms with E-state index in [-0.39, 0.29) is 6.04 Å². The Morgan fingerprint density at radius 3 is 2.90 bits per heavy atom. The number of hydrogen-bond donors (Lipinski definition) is 3. The Morgan fingerprint density at radius 2 is 2.25 bits per heavy atom. The fourth-order valence-electron chi connectivity index (χ4n) is 1.62. The second kappa shape index (κ2) is 5.17. The zero-order chi connectivity index (χ0) is 14.2. The highest BCUT2D eigenvalue weighted by Crippen LogP contribution is 2.27. The molecule has 0 aromatic carbocycles. The molecule has 1 fully saturated rings. The molecule has 0 unspecified atom stereocenters. The third kappa shape index (κ3) is 3.18. The first-order valence-corrected chi connectivity index (χ1v) is 8.47. The van der Waals surface area contributed by atoms with Crippen LogP contribution in [0.25, 0.3) is 11.5 Å². The van der Waals surface area contributed by atoms with Crippen molar-refractivity contribution in [2.24, 2.45) is 5.73 Å². The lowest BCUT2D eigenvalue weighted by Crippen LogP contribution is -2.31. The van der Waals surface area contributed by atoms with Crippen LogP contribution >= 0.6 is 11.3 Å². The van der Waals surface area contributed by atoms with Crippen LogP contribution in [-0.2, 0) is 16.8 Å². The van der Waals surface area contributed by atoms with Gasteiger partial charge in [0.1, 0.15) is 11.5 Å². The lowest BCUT2D eigenvalue weighted by atomic mass is 10.3. The van der Waals surface area contributed by atoms with Crippen LogP contribution in [0.1, 0.15) is 18.6 Å². The topological polar surface area (TPSA) is 110 Å². The van der Waals surface area contributed by atoms with Gasteiger partial charge in [0.2, 0.25) is 0 Å². The normalized spacial score (nSPS) is 15.4. The van der Waals surface area contributed by atoms with Crippen LogP contribution in [0.2, 0.25) is 0 Å². The lowest BCUT2D eigenvalue weighted by Gasteiger charge is -2.04. The Hall–Kier alpha value is -1.42. The van der Waals surface area contributed by atoms with E-state index in [1.165, 1.54) is 11.3 Å². The standard InChI is InChI=1S/C11H14N4O3S2/c12-5-8-3-4-10(18-8)9-6-19-11(13-9)15-20(16,17)14-7-1-2-7/h3-4,6-7,14H,1-2,5,12H2,(H,13,15). The number of nitrogens with one attached hydrogen (secondary N) is 2. The second-order valence-corrected chi connectivity index (χ2v) is 6.81. The molecule has 2 heterocycles. The minimum atomic E-state index is -3.54. The molecule has 0 amide bonds. The van der Waals surface area contributed by atoms with Crippen LogP contribution in [0.15, 0.2) is 21.9 Å². The van der Waals surface area contributed by atoms with Crippen molar-refractivity contribution in [1.29, 1.82) is 0 Å². The maximum Gasteiger partial charge on any atom is 0.301 e. The first-order chi connectivity index (χ1) is 9.55. The average molecular weight is 314 g/mol. The molecule has 0 radical (unpaired) electrons. The summed E-state index contributed by atoms with van der Waals surface area (Å²) in [5.41, 5.74) is 6.05. The maximum atomic E-state index is 11.8. The molecule has 0 spiro atoms.